The third kappa shape index (κ3) is 3.23. The zero-order chi connectivity index (χ0) is 12.8. The molecule has 0 aromatic heterocycles. The molecular formula is C14H22N2O2. The van der Waals surface area contributed by atoms with Crippen LogP contribution in [0.2, 0.25) is 0 Å². The fraction of sp³-hybridized carbons (Fsp3) is 0.857. The number of rotatable bonds is 2. The van der Waals surface area contributed by atoms with Gasteiger partial charge in [0.25, 0.3) is 0 Å². The monoisotopic (exact) mass is 250 g/mol. The lowest BCUT2D eigenvalue weighted by atomic mass is 9.90. The minimum Gasteiger partial charge on any atom is -0.381 e. The van der Waals surface area contributed by atoms with Gasteiger partial charge >= 0.3 is 0 Å². The van der Waals surface area contributed by atoms with Crippen LogP contribution in [0.4, 0.5) is 0 Å². The zero-order valence-corrected chi connectivity index (χ0v) is 10.9. The molecule has 0 spiro atoms. The molecule has 1 aliphatic carbocycles. The van der Waals surface area contributed by atoms with Crippen molar-refractivity contribution in [1.29, 1.82) is 5.26 Å². The Morgan fingerprint density at radius 1 is 1.22 bits per heavy atom. The van der Waals surface area contributed by atoms with E-state index in [2.05, 4.69) is 11.4 Å². The Balaban J connectivity index is 1.96. The first-order valence-corrected chi connectivity index (χ1v) is 7.07. The molecule has 4 nitrogen and oxygen atoms in total. The Labute approximate surface area is 109 Å². The van der Waals surface area contributed by atoms with Gasteiger partial charge < -0.3 is 10.1 Å². The fourth-order valence-corrected chi connectivity index (χ4v) is 2.88. The van der Waals surface area contributed by atoms with Gasteiger partial charge in [0.1, 0.15) is 5.54 Å². The first kappa shape index (κ1) is 13.4. The van der Waals surface area contributed by atoms with Gasteiger partial charge in [-0.2, -0.15) is 5.26 Å². The summed E-state index contributed by atoms with van der Waals surface area (Å²) in [6.07, 6.45) is 7.83. The molecule has 1 aliphatic heterocycles. The van der Waals surface area contributed by atoms with Crippen LogP contribution in [-0.2, 0) is 9.53 Å². The van der Waals surface area contributed by atoms with E-state index in [-0.39, 0.29) is 11.8 Å². The van der Waals surface area contributed by atoms with Crippen molar-refractivity contribution in [1.82, 2.24) is 5.32 Å². The second kappa shape index (κ2) is 6.19. The highest BCUT2D eigenvalue weighted by Crippen LogP contribution is 2.27. The second-order valence-electron chi connectivity index (χ2n) is 5.51. The van der Waals surface area contributed by atoms with Crippen LogP contribution in [0.3, 0.4) is 0 Å². The van der Waals surface area contributed by atoms with Gasteiger partial charge in [-0.1, -0.05) is 25.7 Å². The first-order valence-electron chi connectivity index (χ1n) is 7.07. The van der Waals surface area contributed by atoms with E-state index in [0.29, 0.717) is 6.61 Å². The van der Waals surface area contributed by atoms with Gasteiger partial charge in [0.05, 0.1) is 18.6 Å². The van der Waals surface area contributed by atoms with Crippen LogP contribution in [0.5, 0.6) is 0 Å². The number of nitrogens with zero attached hydrogens (tertiary/aromatic N) is 1. The number of nitrogens with one attached hydrogen (secondary N) is 1. The van der Waals surface area contributed by atoms with Gasteiger partial charge in [-0.15, -0.1) is 0 Å². The van der Waals surface area contributed by atoms with Crippen LogP contribution < -0.4 is 5.32 Å². The highest BCUT2D eigenvalue weighted by atomic mass is 16.5. The summed E-state index contributed by atoms with van der Waals surface area (Å²) in [5.74, 6) is -0.0506. The number of hydrogen-bond donors (Lipinski definition) is 1. The topological polar surface area (TPSA) is 62.1 Å². The molecule has 2 rings (SSSR count). The predicted molar refractivity (Wildman–Crippen MR) is 67.7 cm³/mol. The second-order valence-corrected chi connectivity index (χ2v) is 5.51. The molecule has 100 valence electrons. The number of amides is 1. The van der Waals surface area contributed by atoms with Crippen molar-refractivity contribution in [3.05, 3.63) is 0 Å². The molecule has 1 N–H and O–H groups in total. The van der Waals surface area contributed by atoms with Crippen LogP contribution in [0, 0.1) is 17.2 Å². The first-order chi connectivity index (χ1) is 8.76. The highest BCUT2D eigenvalue weighted by Gasteiger charge is 2.35. The smallest absolute Gasteiger partial charge is 0.226 e. The summed E-state index contributed by atoms with van der Waals surface area (Å²) in [5, 5.41) is 12.4. The molecular weight excluding hydrogens is 228 g/mol. The van der Waals surface area contributed by atoms with Crippen molar-refractivity contribution in [2.45, 2.75) is 56.9 Å². The van der Waals surface area contributed by atoms with Gasteiger partial charge in [-0.05, 0) is 25.7 Å². The maximum absolute atomic E-state index is 12.2. The molecule has 1 saturated heterocycles. The minimum atomic E-state index is -0.620. The van der Waals surface area contributed by atoms with Crippen LogP contribution in [0.1, 0.15) is 51.4 Å². The van der Waals surface area contributed by atoms with E-state index >= 15 is 0 Å². The zero-order valence-electron chi connectivity index (χ0n) is 10.9. The molecule has 4 heteroatoms. The van der Waals surface area contributed by atoms with Crippen molar-refractivity contribution < 1.29 is 9.53 Å². The van der Waals surface area contributed by atoms with Crippen molar-refractivity contribution >= 4 is 5.91 Å². The summed E-state index contributed by atoms with van der Waals surface area (Å²) in [6, 6.07) is 2.35. The standard InChI is InChI=1S/C14H22N2O2/c15-11-14(7-3-1-2-4-8-14)16-13(17)12-6-5-9-18-10-12/h12H,1-10H2,(H,16,17). The van der Waals surface area contributed by atoms with E-state index in [1.54, 1.807) is 0 Å². The van der Waals surface area contributed by atoms with E-state index in [9.17, 15) is 10.1 Å². The maximum Gasteiger partial charge on any atom is 0.226 e. The largest absolute Gasteiger partial charge is 0.381 e. The molecule has 0 aromatic rings. The SMILES string of the molecule is N#CC1(NC(=O)C2CCCOC2)CCCCCC1. The van der Waals surface area contributed by atoms with Gasteiger partial charge in [-0.25, -0.2) is 0 Å². The van der Waals surface area contributed by atoms with E-state index < -0.39 is 5.54 Å². The van der Waals surface area contributed by atoms with Crippen molar-refractivity contribution in [2.75, 3.05) is 13.2 Å². The Morgan fingerprint density at radius 3 is 2.50 bits per heavy atom. The van der Waals surface area contributed by atoms with E-state index in [1.165, 1.54) is 12.8 Å². The summed E-state index contributed by atoms with van der Waals surface area (Å²) >= 11 is 0. The number of carbonyl (C=O) groups excluding carboxylic acids is 1. The lowest BCUT2D eigenvalue weighted by molar-refractivity contribution is -0.130. The van der Waals surface area contributed by atoms with Crippen molar-refractivity contribution in [2.24, 2.45) is 5.92 Å². The minimum absolute atomic E-state index is 0.0122. The van der Waals surface area contributed by atoms with Crippen LogP contribution in [0.25, 0.3) is 0 Å². The molecule has 2 aliphatic rings. The number of ether oxygens (including phenoxy) is 1. The fourth-order valence-electron chi connectivity index (χ4n) is 2.88. The molecule has 1 unspecified atom stereocenters. The third-order valence-electron chi connectivity index (χ3n) is 4.06. The van der Waals surface area contributed by atoms with E-state index in [1.807, 2.05) is 0 Å². The maximum atomic E-state index is 12.2. The van der Waals surface area contributed by atoms with E-state index in [0.717, 1.165) is 45.1 Å². The van der Waals surface area contributed by atoms with Gasteiger partial charge in [-0.3, -0.25) is 4.79 Å². The average molecular weight is 250 g/mol. The van der Waals surface area contributed by atoms with Gasteiger partial charge in [0, 0.05) is 6.61 Å². The van der Waals surface area contributed by atoms with Crippen molar-refractivity contribution in [3.63, 3.8) is 0 Å². The number of nitriles is 1. The van der Waals surface area contributed by atoms with Crippen LogP contribution in [0.15, 0.2) is 0 Å². The summed E-state index contributed by atoms with van der Waals surface area (Å²) in [6.45, 7) is 1.26. The quantitative estimate of drug-likeness (QED) is 0.764. The number of carbonyl (C=O) groups is 1. The van der Waals surface area contributed by atoms with Crippen LogP contribution >= 0.6 is 0 Å². The predicted octanol–water partition coefficient (Wildman–Crippen LogP) is 2.15. The summed E-state index contributed by atoms with van der Waals surface area (Å²) in [4.78, 5) is 12.2. The average Bonchev–Trinajstić information content (AvgIpc) is 2.66. The molecule has 0 bridgehead atoms. The Bertz CT molecular complexity index is 321. The summed E-state index contributed by atoms with van der Waals surface area (Å²) in [7, 11) is 0. The molecule has 0 radical (unpaired) electrons. The van der Waals surface area contributed by atoms with E-state index in [4.69, 9.17) is 4.74 Å². The Morgan fingerprint density at radius 2 is 1.94 bits per heavy atom. The molecule has 0 aromatic carbocycles. The molecule has 1 heterocycles. The lowest BCUT2D eigenvalue weighted by Gasteiger charge is -2.30. The van der Waals surface area contributed by atoms with Crippen LogP contribution in [-0.4, -0.2) is 24.7 Å². The molecule has 2 fully saturated rings. The number of hydrogen-bond acceptors (Lipinski definition) is 3. The normalized spacial score (nSPS) is 27.8. The molecule has 1 atom stereocenters. The van der Waals surface area contributed by atoms with Crippen molar-refractivity contribution in [3.8, 4) is 6.07 Å². The Hall–Kier alpha value is -1.08. The third-order valence-corrected chi connectivity index (χ3v) is 4.06. The molecule has 1 saturated carbocycles. The highest BCUT2D eigenvalue weighted by molar-refractivity contribution is 5.80. The molecule has 18 heavy (non-hydrogen) atoms. The lowest BCUT2D eigenvalue weighted by Crippen LogP contribution is -2.50. The van der Waals surface area contributed by atoms with Gasteiger partial charge in [0.15, 0.2) is 0 Å². The Kier molecular flexibility index (Phi) is 4.60. The summed E-state index contributed by atoms with van der Waals surface area (Å²) in [5.41, 5.74) is -0.620. The molecule has 1 amide bonds. The summed E-state index contributed by atoms with van der Waals surface area (Å²) < 4.78 is 5.34. The van der Waals surface area contributed by atoms with Gasteiger partial charge in [0.2, 0.25) is 5.91 Å².